The van der Waals surface area contributed by atoms with Crippen molar-refractivity contribution in [1.29, 1.82) is 0 Å². The number of pyridine rings is 1. The van der Waals surface area contributed by atoms with Crippen molar-refractivity contribution < 1.29 is 4.79 Å². The number of aromatic nitrogens is 1. The first-order chi connectivity index (χ1) is 11.6. The highest BCUT2D eigenvalue weighted by Gasteiger charge is 2.31. The first kappa shape index (κ1) is 15.0. The topological polar surface area (TPSA) is 48.5 Å². The van der Waals surface area contributed by atoms with E-state index in [-0.39, 0.29) is 12.1 Å². The molecule has 2 unspecified atom stereocenters. The van der Waals surface area contributed by atoms with Crippen LogP contribution in [0.15, 0.2) is 42.5 Å². The van der Waals surface area contributed by atoms with Gasteiger partial charge in [-0.15, -0.1) is 0 Å². The van der Waals surface area contributed by atoms with Crippen molar-refractivity contribution >= 4 is 17.4 Å². The molecule has 1 N–H and O–H groups in total. The Morgan fingerprint density at radius 2 is 1.96 bits per heavy atom. The molecule has 0 spiro atoms. The highest BCUT2D eigenvalue weighted by Crippen LogP contribution is 2.36. The van der Waals surface area contributed by atoms with Crippen LogP contribution >= 0.6 is 0 Å². The second-order valence-corrected chi connectivity index (χ2v) is 6.56. The molecule has 3 heterocycles. The quantitative estimate of drug-likeness (QED) is 0.923. The van der Waals surface area contributed by atoms with Crippen molar-refractivity contribution in [2.24, 2.45) is 0 Å². The van der Waals surface area contributed by atoms with Gasteiger partial charge in [-0.2, -0.15) is 0 Å². The molecule has 5 nitrogen and oxygen atoms in total. The van der Waals surface area contributed by atoms with E-state index >= 15 is 0 Å². The molecular formula is C19H22N4O. The molecule has 2 aromatic rings. The van der Waals surface area contributed by atoms with E-state index in [1.807, 2.05) is 37.1 Å². The minimum atomic E-state index is -0.0899. The third-order valence-electron chi connectivity index (χ3n) is 5.11. The van der Waals surface area contributed by atoms with Crippen LogP contribution in [0.2, 0.25) is 0 Å². The Morgan fingerprint density at radius 3 is 2.75 bits per heavy atom. The Bertz CT molecular complexity index is 761. The average molecular weight is 322 g/mol. The number of carbonyl (C=O) groups excluding carboxylic acids is 1. The third-order valence-corrected chi connectivity index (χ3v) is 5.11. The van der Waals surface area contributed by atoms with E-state index < -0.39 is 0 Å². The van der Waals surface area contributed by atoms with E-state index in [1.54, 1.807) is 0 Å². The average Bonchev–Trinajstić information content (AvgIpc) is 3.10. The van der Waals surface area contributed by atoms with E-state index in [9.17, 15) is 4.79 Å². The largest absolute Gasteiger partial charge is 0.353 e. The van der Waals surface area contributed by atoms with E-state index in [2.05, 4.69) is 34.5 Å². The van der Waals surface area contributed by atoms with E-state index in [1.165, 1.54) is 5.56 Å². The number of hydrogen-bond acceptors (Lipinski definition) is 4. The van der Waals surface area contributed by atoms with Crippen LogP contribution in [0, 0.1) is 0 Å². The second kappa shape index (κ2) is 5.82. The predicted octanol–water partition coefficient (Wildman–Crippen LogP) is 2.95. The summed E-state index contributed by atoms with van der Waals surface area (Å²) in [7, 11) is 1.98. The minimum absolute atomic E-state index is 0.0125. The molecule has 1 aromatic heterocycles. The molecule has 4 rings (SSSR count). The summed E-state index contributed by atoms with van der Waals surface area (Å²) in [5.41, 5.74) is 2.72. The molecule has 1 aromatic carbocycles. The van der Waals surface area contributed by atoms with Crippen LogP contribution in [-0.4, -0.2) is 30.6 Å². The van der Waals surface area contributed by atoms with Crippen LogP contribution in [-0.2, 0) is 0 Å². The van der Waals surface area contributed by atoms with Crippen LogP contribution < -0.4 is 15.1 Å². The van der Waals surface area contributed by atoms with Crippen LogP contribution in [0.4, 0.5) is 11.5 Å². The van der Waals surface area contributed by atoms with E-state index in [0.717, 1.165) is 30.9 Å². The van der Waals surface area contributed by atoms with Crippen molar-refractivity contribution in [3.63, 3.8) is 0 Å². The number of anilines is 2. The van der Waals surface area contributed by atoms with Crippen LogP contribution in [0.25, 0.3) is 0 Å². The van der Waals surface area contributed by atoms with Gasteiger partial charge in [-0.1, -0.05) is 30.3 Å². The Kier molecular flexibility index (Phi) is 3.63. The zero-order chi connectivity index (χ0) is 16.7. The molecule has 0 saturated carbocycles. The molecule has 0 aliphatic carbocycles. The van der Waals surface area contributed by atoms with E-state index in [4.69, 9.17) is 4.98 Å². The summed E-state index contributed by atoms with van der Waals surface area (Å²) in [5, 5.41) is 2.95. The van der Waals surface area contributed by atoms with Gasteiger partial charge in [-0.25, -0.2) is 4.98 Å². The number of carbonyl (C=O) groups is 1. The maximum Gasteiger partial charge on any atom is 0.273 e. The first-order valence-corrected chi connectivity index (χ1v) is 8.51. The number of nitrogens with one attached hydrogen (secondary N) is 1. The van der Waals surface area contributed by atoms with Gasteiger partial charge in [0.2, 0.25) is 0 Å². The fourth-order valence-electron chi connectivity index (χ4n) is 3.68. The van der Waals surface area contributed by atoms with E-state index in [0.29, 0.717) is 11.7 Å². The third kappa shape index (κ3) is 2.40. The summed E-state index contributed by atoms with van der Waals surface area (Å²) in [6.07, 6.45) is 2.24. The highest BCUT2D eigenvalue weighted by atomic mass is 16.2. The number of benzene rings is 1. The lowest BCUT2D eigenvalue weighted by atomic mass is 10.0. The monoisotopic (exact) mass is 322 g/mol. The summed E-state index contributed by atoms with van der Waals surface area (Å²) in [6, 6.07) is 14.9. The zero-order valence-electron chi connectivity index (χ0n) is 14.1. The number of fused-ring (bicyclic) bond motifs is 1. The summed E-state index contributed by atoms with van der Waals surface area (Å²) in [5.74, 6) is 0.797. The Morgan fingerprint density at radius 1 is 1.17 bits per heavy atom. The first-order valence-electron chi connectivity index (χ1n) is 8.51. The van der Waals surface area contributed by atoms with Crippen molar-refractivity contribution in [2.45, 2.75) is 32.0 Å². The molecule has 1 saturated heterocycles. The fourth-order valence-corrected chi connectivity index (χ4v) is 3.68. The molecule has 1 amide bonds. The van der Waals surface area contributed by atoms with Gasteiger partial charge in [0, 0.05) is 13.6 Å². The van der Waals surface area contributed by atoms with Gasteiger partial charge in [0.25, 0.3) is 5.91 Å². The molecule has 2 aliphatic rings. The normalized spacial score (nSPS) is 23.2. The van der Waals surface area contributed by atoms with Crippen molar-refractivity contribution in [3.8, 4) is 0 Å². The lowest BCUT2D eigenvalue weighted by Crippen LogP contribution is -2.49. The number of amides is 1. The highest BCUT2D eigenvalue weighted by molar-refractivity contribution is 6.00. The predicted molar refractivity (Wildman–Crippen MR) is 95.3 cm³/mol. The van der Waals surface area contributed by atoms with Crippen molar-refractivity contribution in [1.82, 2.24) is 10.3 Å². The lowest BCUT2D eigenvalue weighted by Gasteiger charge is -2.34. The van der Waals surface area contributed by atoms with Gasteiger partial charge in [-0.3, -0.25) is 4.79 Å². The van der Waals surface area contributed by atoms with Crippen LogP contribution in [0.5, 0.6) is 0 Å². The molecule has 0 radical (unpaired) electrons. The minimum Gasteiger partial charge on any atom is -0.353 e. The molecule has 24 heavy (non-hydrogen) atoms. The Hall–Kier alpha value is -2.56. The fraction of sp³-hybridized carbons (Fsp3) is 0.368. The summed E-state index contributed by atoms with van der Waals surface area (Å²) in [6.45, 7) is 2.94. The number of hydrogen-bond donors (Lipinski definition) is 1. The number of nitrogens with zero attached hydrogens (tertiary/aromatic N) is 3. The Labute approximate surface area is 142 Å². The summed E-state index contributed by atoms with van der Waals surface area (Å²) < 4.78 is 0. The number of rotatable bonds is 2. The van der Waals surface area contributed by atoms with Crippen LogP contribution in [0.3, 0.4) is 0 Å². The molecule has 2 atom stereocenters. The SMILES string of the molecule is CC1NC(=O)c2nc(N3CCCC3c3ccccc3)ccc2N1C. The van der Waals surface area contributed by atoms with Gasteiger partial charge in [0.05, 0.1) is 17.9 Å². The van der Waals surface area contributed by atoms with Crippen LogP contribution in [0.1, 0.15) is 41.9 Å². The smallest absolute Gasteiger partial charge is 0.273 e. The molecule has 0 bridgehead atoms. The molecule has 1 fully saturated rings. The molecule has 2 aliphatic heterocycles. The maximum absolute atomic E-state index is 12.3. The van der Waals surface area contributed by atoms with Gasteiger partial charge < -0.3 is 15.1 Å². The van der Waals surface area contributed by atoms with Gasteiger partial charge in [0.15, 0.2) is 5.69 Å². The second-order valence-electron chi connectivity index (χ2n) is 6.56. The van der Waals surface area contributed by atoms with Gasteiger partial charge >= 0.3 is 0 Å². The molecule has 5 heteroatoms. The lowest BCUT2D eigenvalue weighted by molar-refractivity contribution is 0.0927. The summed E-state index contributed by atoms with van der Waals surface area (Å²) in [4.78, 5) is 21.4. The van der Waals surface area contributed by atoms with Gasteiger partial charge in [-0.05, 0) is 37.5 Å². The zero-order valence-corrected chi connectivity index (χ0v) is 14.1. The summed E-state index contributed by atoms with van der Waals surface area (Å²) >= 11 is 0. The maximum atomic E-state index is 12.3. The standard InChI is InChI=1S/C19H22N4O/c1-13-20-19(24)18-16(22(13)2)10-11-17(21-18)23-12-6-9-15(23)14-7-4-3-5-8-14/h3-5,7-8,10-11,13,15H,6,9,12H2,1-2H3,(H,20,24). The molecule has 124 valence electrons. The van der Waals surface area contributed by atoms with Gasteiger partial charge in [0.1, 0.15) is 5.82 Å². The molecular weight excluding hydrogens is 300 g/mol. The van der Waals surface area contributed by atoms with Crippen molar-refractivity contribution in [3.05, 3.63) is 53.7 Å². The van der Waals surface area contributed by atoms with Crippen molar-refractivity contribution in [2.75, 3.05) is 23.4 Å². The Balaban J connectivity index is 1.70.